The first-order valence-corrected chi connectivity index (χ1v) is 8.45. The summed E-state index contributed by atoms with van der Waals surface area (Å²) < 4.78 is 17.6. The van der Waals surface area contributed by atoms with Crippen LogP contribution in [0.4, 0.5) is 0 Å². The Kier molecular flexibility index (Phi) is 4.06. The summed E-state index contributed by atoms with van der Waals surface area (Å²) in [5, 5.41) is 2.18. The molecule has 0 unspecified atom stereocenters. The maximum atomic E-state index is 5.89. The van der Waals surface area contributed by atoms with E-state index in [2.05, 4.69) is 32.0 Å². The van der Waals surface area contributed by atoms with Crippen molar-refractivity contribution in [2.45, 2.75) is 13.8 Å². The van der Waals surface area contributed by atoms with Crippen LogP contribution < -0.4 is 9.47 Å². The molecule has 0 radical (unpaired) electrons. The molecule has 4 rings (SSSR count). The first-order valence-electron chi connectivity index (χ1n) is 8.45. The number of hydrogen-bond donors (Lipinski definition) is 0. The van der Waals surface area contributed by atoms with Crippen molar-refractivity contribution in [1.82, 2.24) is 0 Å². The fourth-order valence-corrected chi connectivity index (χ4v) is 3.13. The van der Waals surface area contributed by atoms with Crippen LogP contribution in [0, 0.1) is 13.8 Å². The lowest BCUT2D eigenvalue weighted by Crippen LogP contribution is -2.10. The van der Waals surface area contributed by atoms with Crippen LogP contribution in [-0.2, 0) is 0 Å². The molecule has 1 aromatic heterocycles. The number of rotatable bonds is 5. The SMILES string of the molecule is Cc1cccc(C)c1OCCOc1ccc2oc3ccccc3c2c1. The summed E-state index contributed by atoms with van der Waals surface area (Å²) in [6, 6.07) is 20.1. The van der Waals surface area contributed by atoms with Crippen molar-refractivity contribution in [1.29, 1.82) is 0 Å². The van der Waals surface area contributed by atoms with Gasteiger partial charge in [-0.25, -0.2) is 0 Å². The second-order valence-corrected chi connectivity index (χ2v) is 6.17. The van der Waals surface area contributed by atoms with Crippen LogP contribution in [-0.4, -0.2) is 13.2 Å². The number of aryl methyl sites for hydroxylation is 2. The second-order valence-electron chi connectivity index (χ2n) is 6.17. The molecule has 0 atom stereocenters. The molecule has 3 nitrogen and oxygen atoms in total. The molecule has 0 fully saturated rings. The van der Waals surface area contributed by atoms with Crippen molar-refractivity contribution in [3.63, 3.8) is 0 Å². The van der Waals surface area contributed by atoms with E-state index in [1.165, 1.54) is 0 Å². The predicted octanol–water partition coefficient (Wildman–Crippen LogP) is 5.66. The molecule has 0 amide bonds. The maximum absolute atomic E-state index is 5.89. The summed E-state index contributed by atoms with van der Waals surface area (Å²) in [6.45, 7) is 5.12. The Hall–Kier alpha value is -2.94. The monoisotopic (exact) mass is 332 g/mol. The van der Waals surface area contributed by atoms with E-state index in [-0.39, 0.29) is 0 Å². The van der Waals surface area contributed by atoms with Crippen molar-refractivity contribution in [3.05, 3.63) is 71.8 Å². The van der Waals surface area contributed by atoms with E-state index < -0.39 is 0 Å². The largest absolute Gasteiger partial charge is 0.490 e. The zero-order valence-electron chi connectivity index (χ0n) is 14.4. The summed E-state index contributed by atoms with van der Waals surface area (Å²) in [4.78, 5) is 0. The highest BCUT2D eigenvalue weighted by Crippen LogP contribution is 2.31. The van der Waals surface area contributed by atoms with Crippen LogP contribution in [0.1, 0.15) is 11.1 Å². The summed E-state index contributed by atoms with van der Waals surface area (Å²) in [5.74, 6) is 1.77. The fourth-order valence-electron chi connectivity index (χ4n) is 3.13. The van der Waals surface area contributed by atoms with Crippen LogP contribution in [0.25, 0.3) is 21.9 Å². The van der Waals surface area contributed by atoms with Crippen LogP contribution in [0.2, 0.25) is 0 Å². The lowest BCUT2D eigenvalue weighted by Gasteiger charge is -2.12. The Balaban J connectivity index is 1.45. The Morgan fingerprint density at radius 1 is 0.720 bits per heavy atom. The van der Waals surface area contributed by atoms with E-state index in [9.17, 15) is 0 Å². The number of para-hydroxylation sites is 2. The molecule has 0 spiro atoms. The smallest absolute Gasteiger partial charge is 0.135 e. The molecule has 4 aromatic rings. The van der Waals surface area contributed by atoms with E-state index in [0.29, 0.717) is 13.2 Å². The average Bonchev–Trinajstić information content (AvgIpc) is 2.99. The third-order valence-electron chi connectivity index (χ3n) is 4.36. The van der Waals surface area contributed by atoms with Gasteiger partial charge in [0.15, 0.2) is 0 Å². The standard InChI is InChI=1S/C22H20O3/c1-15-6-5-7-16(2)22(15)24-13-12-23-17-10-11-21-19(14-17)18-8-3-4-9-20(18)25-21/h3-11,14H,12-13H2,1-2H3. The van der Waals surface area contributed by atoms with Crippen molar-refractivity contribution in [2.75, 3.05) is 13.2 Å². The van der Waals surface area contributed by atoms with Crippen molar-refractivity contribution < 1.29 is 13.9 Å². The van der Waals surface area contributed by atoms with Gasteiger partial charge in [0.1, 0.15) is 35.9 Å². The van der Waals surface area contributed by atoms with E-state index in [1.54, 1.807) is 0 Å². The quantitative estimate of drug-likeness (QED) is 0.442. The van der Waals surface area contributed by atoms with E-state index in [0.717, 1.165) is 44.6 Å². The van der Waals surface area contributed by atoms with Gasteiger partial charge in [0.05, 0.1) is 0 Å². The average molecular weight is 332 g/mol. The first-order chi connectivity index (χ1) is 12.2. The fraction of sp³-hybridized carbons (Fsp3) is 0.182. The maximum Gasteiger partial charge on any atom is 0.135 e. The van der Waals surface area contributed by atoms with Gasteiger partial charge in [-0.3, -0.25) is 0 Å². The molecule has 3 heteroatoms. The normalized spacial score (nSPS) is 11.1. The van der Waals surface area contributed by atoms with Crippen molar-refractivity contribution in [3.8, 4) is 11.5 Å². The number of benzene rings is 3. The van der Waals surface area contributed by atoms with Crippen LogP contribution in [0.15, 0.2) is 65.1 Å². The highest BCUT2D eigenvalue weighted by atomic mass is 16.5. The Labute approximate surface area is 146 Å². The van der Waals surface area contributed by atoms with Gasteiger partial charge in [-0.05, 0) is 49.2 Å². The van der Waals surface area contributed by atoms with Gasteiger partial charge >= 0.3 is 0 Å². The third kappa shape index (κ3) is 3.05. The summed E-state index contributed by atoms with van der Waals surface area (Å²) in [6.07, 6.45) is 0. The third-order valence-corrected chi connectivity index (χ3v) is 4.36. The number of fused-ring (bicyclic) bond motifs is 3. The summed E-state index contributed by atoms with van der Waals surface area (Å²) >= 11 is 0. The van der Waals surface area contributed by atoms with Gasteiger partial charge in [0.25, 0.3) is 0 Å². The van der Waals surface area contributed by atoms with Crippen LogP contribution in [0.5, 0.6) is 11.5 Å². The molecule has 0 N–H and O–H groups in total. The summed E-state index contributed by atoms with van der Waals surface area (Å²) in [5.41, 5.74) is 4.06. The van der Waals surface area contributed by atoms with Gasteiger partial charge in [0, 0.05) is 10.8 Å². The van der Waals surface area contributed by atoms with Crippen molar-refractivity contribution >= 4 is 21.9 Å². The molecule has 3 aromatic carbocycles. The van der Waals surface area contributed by atoms with E-state index in [1.807, 2.05) is 42.5 Å². The molecule has 25 heavy (non-hydrogen) atoms. The number of ether oxygens (including phenoxy) is 2. The van der Waals surface area contributed by atoms with Crippen LogP contribution >= 0.6 is 0 Å². The van der Waals surface area contributed by atoms with Gasteiger partial charge in [-0.1, -0.05) is 36.4 Å². The van der Waals surface area contributed by atoms with Gasteiger partial charge < -0.3 is 13.9 Å². The second kappa shape index (κ2) is 6.52. The number of hydrogen-bond acceptors (Lipinski definition) is 3. The first kappa shape index (κ1) is 15.6. The van der Waals surface area contributed by atoms with Crippen LogP contribution in [0.3, 0.4) is 0 Å². The van der Waals surface area contributed by atoms with E-state index in [4.69, 9.17) is 13.9 Å². The molecular formula is C22H20O3. The van der Waals surface area contributed by atoms with Crippen molar-refractivity contribution in [2.24, 2.45) is 0 Å². The predicted molar refractivity (Wildman–Crippen MR) is 101 cm³/mol. The Bertz CT molecular complexity index is 1010. The number of furan rings is 1. The molecule has 0 bridgehead atoms. The Morgan fingerprint density at radius 3 is 2.28 bits per heavy atom. The lowest BCUT2D eigenvalue weighted by atomic mass is 10.1. The molecule has 0 aliphatic heterocycles. The zero-order chi connectivity index (χ0) is 17.2. The molecule has 1 heterocycles. The Morgan fingerprint density at radius 2 is 1.44 bits per heavy atom. The topological polar surface area (TPSA) is 31.6 Å². The molecule has 0 saturated heterocycles. The highest BCUT2D eigenvalue weighted by molar-refractivity contribution is 6.05. The summed E-state index contributed by atoms with van der Waals surface area (Å²) in [7, 11) is 0. The van der Waals surface area contributed by atoms with Gasteiger partial charge in [0.2, 0.25) is 0 Å². The molecule has 126 valence electrons. The zero-order valence-corrected chi connectivity index (χ0v) is 14.4. The van der Waals surface area contributed by atoms with E-state index >= 15 is 0 Å². The molecular weight excluding hydrogens is 312 g/mol. The van der Waals surface area contributed by atoms with Gasteiger partial charge in [-0.2, -0.15) is 0 Å². The minimum Gasteiger partial charge on any atom is -0.490 e. The minimum atomic E-state index is 0.495. The molecule has 0 aliphatic rings. The minimum absolute atomic E-state index is 0.495. The lowest BCUT2D eigenvalue weighted by molar-refractivity contribution is 0.215. The molecule has 0 saturated carbocycles. The highest BCUT2D eigenvalue weighted by Gasteiger charge is 2.08. The molecule has 0 aliphatic carbocycles. The van der Waals surface area contributed by atoms with Gasteiger partial charge in [-0.15, -0.1) is 0 Å².